The number of rotatable bonds is 5. The predicted octanol–water partition coefficient (Wildman–Crippen LogP) is 5.13. The van der Waals surface area contributed by atoms with Crippen molar-refractivity contribution in [1.82, 2.24) is 14.9 Å². The number of benzene rings is 2. The minimum absolute atomic E-state index is 0.244. The number of nitrogens with zero attached hydrogens (tertiary/aromatic N) is 2. The number of carbonyl (C=O) groups is 1. The van der Waals surface area contributed by atoms with Crippen molar-refractivity contribution >= 4 is 38.4 Å². The van der Waals surface area contributed by atoms with Gasteiger partial charge in [-0.3, -0.25) is 4.79 Å². The number of methoxy groups -OCH3 is 1. The Morgan fingerprint density at radius 3 is 2.87 bits per heavy atom. The molecule has 2 aromatic heterocycles. The summed E-state index contributed by atoms with van der Waals surface area (Å²) in [6.07, 6.45) is 5.38. The first-order valence-corrected chi connectivity index (χ1v) is 11.3. The third-order valence-corrected chi connectivity index (χ3v) is 7.20. The number of aromatic amines is 1. The first-order valence-electron chi connectivity index (χ1n) is 10.5. The van der Waals surface area contributed by atoms with Crippen molar-refractivity contribution in [2.24, 2.45) is 0 Å². The van der Waals surface area contributed by atoms with Crippen molar-refractivity contribution in [3.63, 3.8) is 0 Å². The fourth-order valence-corrected chi connectivity index (χ4v) is 5.39. The van der Waals surface area contributed by atoms with Gasteiger partial charge in [-0.15, -0.1) is 11.3 Å². The number of nitrogens with one attached hydrogen (secondary N) is 1. The second kappa shape index (κ2) is 8.11. The van der Waals surface area contributed by atoms with Crippen LogP contribution < -0.4 is 4.74 Å². The van der Waals surface area contributed by atoms with Gasteiger partial charge >= 0.3 is 0 Å². The fraction of sp³-hybridized carbons (Fsp3) is 0.333. The number of amides is 1. The molecule has 0 atom stereocenters. The van der Waals surface area contributed by atoms with Gasteiger partial charge < -0.3 is 14.6 Å². The Balaban J connectivity index is 1.20. The van der Waals surface area contributed by atoms with Gasteiger partial charge in [-0.1, -0.05) is 12.1 Å². The van der Waals surface area contributed by atoms with E-state index in [-0.39, 0.29) is 5.91 Å². The molecule has 0 unspecified atom stereocenters. The molecule has 0 aliphatic carbocycles. The molecule has 3 heterocycles. The van der Waals surface area contributed by atoms with Gasteiger partial charge in [0, 0.05) is 43.0 Å². The molecule has 1 fully saturated rings. The number of hydrogen-bond donors (Lipinski definition) is 1. The number of fused-ring (bicyclic) bond motifs is 2. The minimum atomic E-state index is 0.244. The van der Waals surface area contributed by atoms with Crippen LogP contribution in [0.5, 0.6) is 5.75 Å². The summed E-state index contributed by atoms with van der Waals surface area (Å²) in [6, 6.07) is 14.3. The quantitative estimate of drug-likeness (QED) is 0.488. The molecule has 5 nitrogen and oxygen atoms in total. The van der Waals surface area contributed by atoms with Gasteiger partial charge in [-0.2, -0.15) is 0 Å². The molecule has 154 valence electrons. The molecule has 1 saturated heterocycles. The highest BCUT2D eigenvalue weighted by atomic mass is 32.1. The van der Waals surface area contributed by atoms with Crippen LogP contribution in [-0.2, 0) is 11.2 Å². The normalized spacial score (nSPS) is 15.2. The SMILES string of the molecule is COc1ccc2[nH]cc(C3CCN(C(=O)CCc4nc5ccccc5s4)CC3)c2c1. The third kappa shape index (κ3) is 3.67. The molecule has 0 saturated carbocycles. The topological polar surface area (TPSA) is 58.2 Å². The Labute approximate surface area is 179 Å². The molecule has 0 radical (unpaired) electrons. The van der Waals surface area contributed by atoms with E-state index in [1.807, 2.05) is 29.2 Å². The first-order chi connectivity index (χ1) is 14.7. The molecule has 1 aliphatic heterocycles. The summed E-state index contributed by atoms with van der Waals surface area (Å²) in [5.41, 5.74) is 3.51. The molecule has 30 heavy (non-hydrogen) atoms. The summed E-state index contributed by atoms with van der Waals surface area (Å²) in [5.74, 6) is 1.60. The van der Waals surface area contributed by atoms with Crippen LogP contribution in [0.3, 0.4) is 0 Å². The van der Waals surface area contributed by atoms with E-state index in [1.165, 1.54) is 15.6 Å². The number of likely N-dealkylation sites (tertiary alicyclic amines) is 1. The smallest absolute Gasteiger partial charge is 0.222 e. The zero-order valence-electron chi connectivity index (χ0n) is 17.1. The first kappa shape index (κ1) is 19.1. The average molecular weight is 420 g/mol. The van der Waals surface area contributed by atoms with Crippen LogP contribution in [0.2, 0.25) is 0 Å². The maximum absolute atomic E-state index is 12.8. The van der Waals surface area contributed by atoms with Crippen molar-refractivity contribution in [1.29, 1.82) is 0 Å². The molecule has 5 rings (SSSR count). The Morgan fingerprint density at radius 2 is 2.07 bits per heavy atom. The molecule has 0 spiro atoms. The summed E-state index contributed by atoms with van der Waals surface area (Å²) >= 11 is 1.69. The Hall–Kier alpha value is -2.86. The monoisotopic (exact) mass is 419 g/mol. The van der Waals surface area contributed by atoms with Crippen LogP contribution in [0, 0.1) is 0 Å². The molecular formula is C24H25N3O2S. The van der Waals surface area contributed by atoms with E-state index in [2.05, 4.69) is 34.4 Å². The summed E-state index contributed by atoms with van der Waals surface area (Å²) in [6.45, 7) is 1.64. The van der Waals surface area contributed by atoms with Gasteiger partial charge in [0.2, 0.25) is 5.91 Å². The largest absolute Gasteiger partial charge is 0.497 e. The lowest BCUT2D eigenvalue weighted by Crippen LogP contribution is -2.38. The average Bonchev–Trinajstić information content (AvgIpc) is 3.40. The van der Waals surface area contributed by atoms with E-state index in [0.717, 1.165) is 54.1 Å². The van der Waals surface area contributed by atoms with Crippen LogP contribution in [0.4, 0.5) is 0 Å². The van der Waals surface area contributed by atoms with E-state index >= 15 is 0 Å². The maximum atomic E-state index is 12.8. The number of hydrogen-bond acceptors (Lipinski definition) is 4. The number of H-pyrrole nitrogens is 1. The number of para-hydroxylation sites is 1. The molecule has 0 bridgehead atoms. The van der Waals surface area contributed by atoms with Crippen LogP contribution >= 0.6 is 11.3 Å². The van der Waals surface area contributed by atoms with E-state index in [4.69, 9.17) is 4.74 Å². The standard InChI is InChI=1S/C24H25N3O2S/c1-29-17-6-7-20-18(14-17)19(15-25-20)16-10-12-27(13-11-16)24(28)9-8-23-26-21-4-2-3-5-22(21)30-23/h2-7,14-16,25H,8-13H2,1H3. The highest BCUT2D eigenvalue weighted by Gasteiger charge is 2.25. The van der Waals surface area contributed by atoms with Crippen LogP contribution in [0.25, 0.3) is 21.1 Å². The van der Waals surface area contributed by atoms with Crippen molar-refractivity contribution < 1.29 is 9.53 Å². The van der Waals surface area contributed by atoms with Gasteiger partial charge in [0.15, 0.2) is 0 Å². The van der Waals surface area contributed by atoms with Crippen LogP contribution in [0.1, 0.15) is 35.8 Å². The van der Waals surface area contributed by atoms with Gasteiger partial charge in [0.1, 0.15) is 5.75 Å². The number of aromatic nitrogens is 2. The van der Waals surface area contributed by atoms with Crippen LogP contribution in [-0.4, -0.2) is 41.0 Å². The zero-order chi connectivity index (χ0) is 20.5. The van der Waals surface area contributed by atoms with Crippen molar-refractivity contribution in [2.75, 3.05) is 20.2 Å². The van der Waals surface area contributed by atoms with Crippen LogP contribution in [0.15, 0.2) is 48.7 Å². The van der Waals surface area contributed by atoms with E-state index in [9.17, 15) is 4.79 Å². The maximum Gasteiger partial charge on any atom is 0.222 e. The Kier molecular flexibility index (Phi) is 5.17. The van der Waals surface area contributed by atoms with Crippen molar-refractivity contribution in [2.45, 2.75) is 31.6 Å². The van der Waals surface area contributed by atoms with Gasteiger partial charge in [0.05, 0.1) is 22.3 Å². The summed E-state index contributed by atoms with van der Waals surface area (Å²) in [7, 11) is 1.70. The third-order valence-electron chi connectivity index (χ3n) is 6.10. The number of carbonyl (C=O) groups excluding carboxylic acids is 1. The number of ether oxygens (including phenoxy) is 1. The van der Waals surface area contributed by atoms with E-state index in [0.29, 0.717) is 12.3 Å². The fourth-order valence-electron chi connectivity index (χ4n) is 4.42. The number of aryl methyl sites for hydroxylation is 1. The van der Waals surface area contributed by atoms with Gasteiger partial charge in [-0.25, -0.2) is 4.98 Å². The Morgan fingerprint density at radius 1 is 1.23 bits per heavy atom. The molecule has 1 aliphatic rings. The van der Waals surface area contributed by atoms with Crippen molar-refractivity contribution in [3.8, 4) is 5.75 Å². The highest BCUT2D eigenvalue weighted by Crippen LogP contribution is 2.35. The van der Waals surface area contributed by atoms with Gasteiger partial charge in [-0.05, 0) is 54.7 Å². The lowest BCUT2D eigenvalue weighted by Gasteiger charge is -2.32. The van der Waals surface area contributed by atoms with Crippen molar-refractivity contribution in [3.05, 3.63) is 59.2 Å². The summed E-state index contributed by atoms with van der Waals surface area (Å²) in [5, 5.41) is 2.28. The molecule has 1 amide bonds. The molecule has 2 aromatic carbocycles. The predicted molar refractivity (Wildman–Crippen MR) is 121 cm³/mol. The van der Waals surface area contributed by atoms with E-state index in [1.54, 1.807) is 18.4 Å². The lowest BCUT2D eigenvalue weighted by molar-refractivity contribution is -0.132. The highest BCUT2D eigenvalue weighted by molar-refractivity contribution is 7.18. The lowest BCUT2D eigenvalue weighted by atomic mass is 9.89. The number of piperidine rings is 1. The molecule has 6 heteroatoms. The van der Waals surface area contributed by atoms with Gasteiger partial charge in [0.25, 0.3) is 0 Å². The summed E-state index contributed by atoms with van der Waals surface area (Å²) < 4.78 is 6.58. The molecular weight excluding hydrogens is 394 g/mol. The minimum Gasteiger partial charge on any atom is -0.497 e. The molecule has 1 N–H and O–H groups in total. The summed E-state index contributed by atoms with van der Waals surface area (Å²) in [4.78, 5) is 22.8. The Bertz CT molecular complexity index is 1150. The van der Waals surface area contributed by atoms with E-state index < -0.39 is 0 Å². The second-order valence-corrected chi connectivity index (χ2v) is 9.00. The second-order valence-electron chi connectivity index (χ2n) is 7.89. The molecule has 4 aromatic rings. The number of thiazole rings is 1. The zero-order valence-corrected chi connectivity index (χ0v) is 17.9.